The zero-order valence-electron chi connectivity index (χ0n) is 13.3. The quantitative estimate of drug-likeness (QED) is 0.728. The zero-order chi connectivity index (χ0) is 17.6. The van der Waals surface area contributed by atoms with Crippen LogP contribution in [0.25, 0.3) is 10.9 Å². The Hall–Kier alpha value is -3.39. The number of pyridine rings is 1. The number of fused-ring (bicyclic) bond motifs is 1. The van der Waals surface area contributed by atoms with Crippen LogP contribution in [0, 0.1) is 18.2 Å². The average Bonchev–Trinajstić information content (AvgIpc) is 2.65. The van der Waals surface area contributed by atoms with Gasteiger partial charge >= 0.3 is 0 Å². The molecule has 0 spiro atoms. The molecule has 1 heterocycles. The summed E-state index contributed by atoms with van der Waals surface area (Å²) >= 11 is 0. The second-order valence-electron chi connectivity index (χ2n) is 5.32. The van der Waals surface area contributed by atoms with E-state index < -0.39 is 5.82 Å². The summed E-state index contributed by atoms with van der Waals surface area (Å²) in [5.74, 6) is 1.54. The van der Waals surface area contributed by atoms with E-state index in [1.54, 1.807) is 42.6 Å². The molecule has 1 amide bonds. The highest BCUT2D eigenvalue weighted by Gasteiger charge is 2.11. The molecule has 4 nitrogen and oxygen atoms in total. The molecule has 0 bridgehead atoms. The summed E-state index contributed by atoms with van der Waals surface area (Å²) in [5, 5.41) is 3.58. The number of halogens is 1. The topological polar surface area (TPSA) is 51.2 Å². The number of benzene rings is 2. The second-order valence-corrected chi connectivity index (χ2v) is 5.32. The lowest BCUT2D eigenvalue weighted by molar-refractivity contribution is 0.0950. The molecule has 3 aromatic rings. The summed E-state index contributed by atoms with van der Waals surface area (Å²) in [6.07, 6.45) is 6.80. The van der Waals surface area contributed by atoms with Crippen LogP contribution in [0.4, 0.5) is 4.39 Å². The van der Waals surface area contributed by atoms with Crippen molar-refractivity contribution in [2.24, 2.45) is 0 Å². The molecule has 124 valence electrons. The van der Waals surface area contributed by atoms with Crippen molar-refractivity contribution in [1.82, 2.24) is 10.3 Å². The number of aromatic nitrogens is 1. The number of carbonyl (C=O) groups is 1. The van der Waals surface area contributed by atoms with Crippen LogP contribution >= 0.6 is 0 Å². The van der Waals surface area contributed by atoms with Gasteiger partial charge in [0.25, 0.3) is 5.91 Å². The van der Waals surface area contributed by atoms with Gasteiger partial charge in [-0.25, -0.2) is 4.39 Å². The maximum atomic E-state index is 14.3. The van der Waals surface area contributed by atoms with E-state index in [-0.39, 0.29) is 24.8 Å². The van der Waals surface area contributed by atoms with Crippen molar-refractivity contribution >= 4 is 16.8 Å². The molecule has 0 saturated carbocycles. The Labute approximate surface area is 144 Å². The predicted octanol–water partition coefficient (Wildman–Crippen LogP) is 3.32. The number of ether oxygens (including phenoxy) is 1. The summed E-state index contributed by atoms with van der Waals surface area (Å²) in [7, 11) is 0. The highest BCUT2D eigenvalue weighted by molar-refractivity contribution is 5.97. The Bertz CT molecular complexity index is 963. The van der Waals surface area contributed by atoms with E-state index in [0.29, 0.717) is 11.1 Å². The van der Waals surface area contributed by atoms with E-state index in [2.05, 4.69) is 16.2 Å². The fourth-order valence-corrected chi connectivity index (χ4v) is 2.42. The van der Waals surface area contributed by atoms with Crippen molar-refractivity contribution in [1.29, 1.82) is 0 Å². The van der Waals surface area contributed by atoms with Gasteiger partial charge in [-0.3, -0.25) is 9.78 Å². The lowest BCUT2D eigenvalue weighted by Crippen LogP contribution is -2.23. The Balaban J connectivity index is 1.72. The van der Waals surface area contributed by atoms with Crippen LogP contribution in [0.5, 0.6) is 5.75 Å². The molecule has 0 saturated heterocycles. The molecular weight excluding hydrogens is 319 g/mol. The number of carbonyl (C=O) groups excluding carboxylic acids is 1. The molecule has 0 aliphatic carbocycles. The highest BCUT2D eigenvalue weighted by Crippen LogP contribution is 2.20. The number of nitrogens with one attached hydrogen (secondary N) is 1. The molecule has 25 heavy (non-hydrogen) atoms. The monoisotopic (exact) mass is 334 g/mol. The fraction of sp³-hybridized carbons (Fsp3) is 0.100. The minimum atomic E-state index is -0.527. The highest BCUT2D eigenvalue weighted by atomic mass is 19.1. The SMILES string of the molecule is C#CCOc1cccc(CNC(=O)c2ccc3ncccc3c2)c1F. The third-order valence-electron chi connectivity index (χ3n) is 3.66. The summed E-state index contributed by atoms with van der Waals surface area (Å²) < 4.78 is 19.4. The van der Waals surface area contributed by atoms with E-state index in [0.717, 1.165) is 10.9 Å². The molecule has 3 rings (SSSR count). The van der Waals surface area contributed by atoms with Crippen LogP contribution in [0.2, 0.25) is 0 Å². The molecular formula is C20H15FN2O2. The first-order chi connectivity index (χ1) is 12.2. The van der Waals surface area contributed by atoms with Gasteiger partial charge in [0, 0.05) is 29.3 Å². The van der Waals surface area contributed by atoms with Gasteiger partial charge in [-0.05, 0) is 30.3 Å². The lowest BCUT2D eigenvalue weighted by atomic mass is 10.1. The molecule has 2 aromatic carbocycles. The van der Waals surface area contributed by atoms with E-state index in [4.69, 9.17) is 11.2 Å². The van der Waals surface area contributed by atoms with Crippen molar-refractivity contribution in [3.63, 3.8) is 0 Å². The van der Waals surface area contributed by atoms with Crippen molar-refractivity contribution in [2.45, 2.75) is 6.54 Å². The molecule has 0 atom stereocenters. The summed E-state index contributed by atoms with van der Waals surface area (Å²) in [5.41, 5.74) is 1.62. The Kier molecular flexibility index (Phi) is 4.91. The maximum absolute atomic E-state index is 14.3. The Morgan fingerprint density at radius 2 is 2.12 bits per heavy atom. The van der Waals surface area contributed by atoms with E-state index in [1.165, 1.54) is 6.07 Å². The number of hydrogen-bond acceptors (Lipinski definition) is 3. The maximum Gasteiger partial charge on any atom is 0.251 e. The molecule has 5 heteroatoms. The summed E-state index contributed by atoms with van der Waals surface area (Å²) in [6, 6.07) is 13.6. The van der Waals surface area contributed by atoms with Gasteiger partial charge in [-0.1, -0.05) is 24.1 Å². The molecule has 0 fully saturated rings. The lowest BCUT2D eigenvalue weighted by Gasteiger charge is -2.10. The standard InChI is InChI=1S/C20H15FN2O2/c1-2-11-25-18-7-3-5-16(19(18)21)13-23-20(24)15-8-9-17-14(12-15)6-4-10-22-17/h1,3-10,12H,11,13H2,(H,23,24). The van der Waals surface area contributed by atoms with Crippen LogP contribution in [-0.4, -0.2) is 17.5 Å². The second kappa shape index (κ2) is 7.45. The molecule has 0 aliphatic heterocycles. The van der Waals surface area contributed by atoms with Crippen molar-refractivity contribution in [2.75, 3.05) is 6.61 Å². The van der Waals surface area contributed by atoms with Gasteiger partial charge in [0.2, 0.25) is 0 Å². The summed E-state index contributed by atoms with van der Waals surface area (Å²) in [4.78, 5) is 16.5. The molecule has 0 aliphatic rings. The average molecular weight is 334 g/mol. The predicted molar refractivity (Wildman–Crippen MR) is 93.6 cm³/mol. The molecule has 1 N–H and O–H groups in total. The van der Waals surface area contributed by atoms with Gasteiger partial charge < -0.3 is 10.1 Å². The van der Waals surface area contributed by atoms with Crippen LogP contribution < -0.4 is 10.1 Å². The summed E-state index contributed by atoms with van der Waals surface area (Å²) in [6.45, 7) is 0.0286. The Morgan fingerprint density at radius 3 is 2.96 bits per heavy atom. The zero-order valence-corrected chi connectivity index (χ0v) is 13.3. The molecule has 0 unspecified atom stereocenters. The molecule has 1 aromatic heterocycles. The number of hydrogen-bond donors (Lipinski definition) is 1. The van der Waals surface area contributed by atoms with Gasteiger partial charge in [0.15, 0.2) is 11.6 Å². The van der Waals surface area contributed by atoms with Crippen molar-refractivity contribution in [3.8, 4) is 18.1 Å². The third kappa shape index (κ3) is 3.75. The Morgan fingerprint density at radius 1 is 1.24 bits per heavy atom. The normalized spacial score (nSPS) is 10.2. The first-order valence-corrected chi connectivity index (χ1v) is 7.65. The van der Waals surface area contributed by atoms with Gasteiger partial charge in [0.05, 0.1) is 5.52 Å². The van der Waals surface area contributed by atoms with Gasteiger partial charge in [-0.15, -0.1) is 6.42 Å². The molecule has 0 radical (unpaired) electrons. The van der Waals surface area contributed by atoms with Crippen LogP contribution in [0.15, 0.2) is 54.7 Å². The number of terminal acetylenes is 1. The van der Waals surface area contributed by atoms with Gasteiger partial charge in [0.1, 0.15) is 6.61 Å². The van der Waals surface area contributed by atoms with Crippen LogP contribution in [0.1, 0.15) is 15.9 Å². The van der Waals surface area contributed by atoms with Crippen molar-refractivity contribution in [3.05, 3.63) is 71.7 Å². The number of nitrogens with zero attached hydrogens (tertiary/aromatic N) is 1. The van der Waals surface area contributed by atoms with Gasteiger partial charge in [-0.2, -0.15) is 0 Å². The minimum absolute atomic E-state index is 0.0160. The minimum Gasteiger partial charge on any atom is -0.478 e. The van der Waals surface area contributed by atoms with Crippen molar-refractivity contribution < 1.29 is 13.9 Å². The van der Waals surface area contributed by atoms with E-state index >= 15 is 0 Å². The first kappa shape index (κ1) is 16.5. The number of rotatable bonds is 5. The van der Waals surface area contributed by atoms with E-state index in [1.807, 2.05) is 6.07 Å². The van der Waals surface area contributed by atoms with E-state index in [9.17, 15) is 9.18 Å². The smallest absolute Gasteiger partial charge is 0.251 e. The van der Waals surface area contributed by atoms with Crippen LogP contribution in [-0.2, 0) is 6.54 Å². The number of amides is 1. The first-order valence-electron chi connectivity index (χ1n) is 7.65. The van der Waals surface area contributed by atoms with Crippen LogP contribution in [0.3, 0.4) is 0 Å². The largest absolute Gasteiger partial charge is 0.478 e. The third-order valence-corrected chi connectivity index (χ3v) is 3.66. The fourth-order valence-electron chi connectivity index (χ4n) is 2.42.